The molecule has 0 saturated heterocycles. The Morgan fingerprint density at radius 2 is 1.69 bits per heavy atom. The molecule has 0 bridgehead atoms. The third kappa shape index (κ3) is 4.97. The van der Waals surface area contributed by atoms with E-state index in [2.05, 4.69) is 0 Å². The van der Waals surface area contributed by atoms with Crippen LogP contribution in [0.4, 0.5) is 0 Å². The predicted octanol–water partition coefficient (Wildman–Crippen LogP) is 3.72. The number of aliphatic hydroxyl groups is 5. The molecule has 42 heavy (non-hydrogen) atoms. The summed E-state index contributed by atoms with van der Waals surface area (Å²) >= 11 is 0. The summed E-state index contributed by atoms with van der Waals surface area (Å²) < 4.78 is 6.00. The first-order valence-electron chi connectivity index (χ1n) is 15.5. The van der Waals surface area contributed by atoms with Gasteiger partial charge in [0.1, 0.15) is 11.7 Å². The fourth-order valence-electron chi connectivity index (χ4n) is 9.26. The normalized spacial score (nSPS) is 40.2. The minimum absolute atomic E-state index is 0.123. The van der Waals surface area contributed by atoms with Crippen molar-refractivity contribution in [1.82, 2.24) is 0 Å². The molecule has 3 saturated carbocycles. The Morgan fingerprint density at radius 3 is 2.33 bits per heavy atom. The van der Waals surface area contributed by atoms with Gasteiger partial charge in [-0.3, -0.25) is 4.79 Å². The quantitative estimate of drug-likeness (QED) is 0.305. The Hall–Kier alpha value is -2.10. The van der Waals surface area contributed by atoms with Crippen molar-refractivity contribution >= 4 is 11.8 Å². The highest BCUT2D eigenvalue weighted by Crippen LogP contribution is 2.68. The molecular formula is C34H48O8. The monoisotopic (exact) mass is 584 g/mol. The highest BCUT2D eigenvalue weighted by atomic mass is 16.6. The number of fused-ring (bicyclic) bond motifs is 5. The molecule has 8 heteroatoms. The van der Waals surface area contributed by atoms with Gasteiger partial charge in [0.15, 0.2) is 5.78 Å². The predicted molar refractivity (Wildman–Crippen MR) is 156 cm³/mol. The lowest BCUT2D eigenvalue weighted by Gasteiger charge is -2.60. The highest BCUT2D eigenvalue weighted by molar-refractivity contribution is 5.95. The number of hydrogen-bond donors (Lipinski definition) is 5. The largest absolute Gasteiger partial charge is 0.456 e. The van der Waals surface area contributed by atoms with Crippen molar-refractivity contribution in [3.05, 3.63) is 47.5 Å². The number of carbonyl (C=O) groups is 2. The number of carbonyl (C=O) groups excluding carboxylic acids is 2. The maximum Gasteiger partial charge on any atom is 0.338 e. The topological polar surface area (TPSA) is 145 Å². The minimum Gasteiger partial charge on any atom is -0.456 e. The van der Waals surface area contributed by atoms with Gasteiger partial charge < -0.3 is 30.3 Å². The summed E-state index contributed by atoms with van der Waals surface area (Å²) in [5.41, 5.74) is -4.30. The van der Waals surface area contributed by atoms with Crippen LogP contribution < -0.4 is 0 Å². The van der Waals surface area contributed by atoms with E-state index in [1.807, 2.05) is 13.8 Å². The molecule has 0 spiro atoms. The Balaban J connectivity index is 1.48. The Labute approximate surface area is 248 Å². The number of benzene rings is 1. The van der Waals surface area contributed by atoms with Crippen LogP contribution in [0.5, 0.6) is 0 Å². The molecule has 10 atom stereocenters. The maximum absolute atomic E-state index is 13.5. The molecule has 0 aliphatic heterocycles. The number of ketones is 1. The molecular weight excluding hydrogens is 536 g/mol. The maximum atomic E-state index is 13.5. The summed E-state index contributed by atoms with van der Waals surface area (Å²) in [4.78, 5) is 26.7. The molecule has 3 fully saturated rings. The molecule has 2 unspecified atom stereocenters. The zero-order chi connectivity index (χ0) is 30.9. The Kier molecular flexibility index (Phi) is 7.84. The molecule has 0 aromatic heterocycles. The van der Waals surface area contributed by atoms with Crippen LogP contribution in [-0.2, 0) is 9.53 Å². The van der Waals surface area contributed by atoms with Crippen LogP contribution in [0.25, 0.3) is 0 Å². The fourth-order valence-corrected chi connectivity index (χ4v) is 9.26. The summed E-state index contributed by atoms with van der Waals surface area (Å²) in [5, 5.41) is 56.3. The van der Waals surface area contributed by atoms with Gasteiger partial charge in [-0.2, -0.15) is 0 Å². The number of allylic oxidation sites excluding steroid dienone is 1. The van der Waals surface area contributed by atoms with E-state index >= 15 is 0 Å². The van der Waals surface area contributed by atoms with Gasteiger partial charge in [-0.05, 0) is 113 Å². The van der Waals surface area contributed by atoms with E-state index in [-0.39, 0.29) is 31.0 Å². The number of esters is 1. The minimum atomic E-state index is -1.54. The van der Waals surface area contributed by atoms with Crippen molar-refractivity contribution in [2.45, 2.75) is 121 Å². The van der Waals surface area contributed by atoms with Gasteiger partial charge in [0, 0.05) is 11.3 Å². The van der Waals surface area contributed by atoms with Gasteiger partial charge in [-0.15, -0.1) is 0 Å². The number of ether oxygens (including phenoxy) is 1. The third-order valence-corrected chi connectivity index (χ3v) is 11.8. The van der Waals surface area contributed by atoms with E-state index in [1.165, 1.54) is 0 Å². The molecule has 232 valence electrons. The number of rotatable bonds is 7. The van der Waals surface area contributed by atoms with Gasteiger partial charge in [-0.1, -0.05) is 32.0 Å². The molecule has 1 aromatic rings. The molecule has 8 nitrogen and oxygen atoms in total. The van der Waals surface area contributed by atoms with Crippen LogP contribution in [0.3, 0.4) is 0 Å². The van der Waals surface area contributed by atoms with Crippen molar-refractivity contribution < 1.29 is 39.9 Å². The average Bonchev–Trinajstić information content (AvgIpc) is 3.20. The fraction of sp³-hybridized carbons (Fsp3) is 0.706. The zero-order valence-electron chi connectivity index (χ0n) is 25.5. The first-order valence-corrected chi connectivity index (χ1v) is 15.5. The second-order valence-corrected chi connectivity index (χ2v) is 14.9. The van der Waals surface area contributed by atoms with Gasteiger partial charge in [0.2, 0.25) is 0 Å². The first kappa shape index (κ1) is 31.3. The lowest BCUT2D eigenvalue weighted by molar-refractivity contribution is -0.177. The van der Waals surface area contributed by atoms with Crippen LogP contribution in [0, 0.1) is 28.6 Å². The van der Waals surface area contributed by atoms with E-state index < -0.39 is 63.8 Å². The van der Waals surface area contributed by atoms with Gasteiger partial charge in [0.05, 0.1) is 29.0 Å². The Morgan fingerprint density at radius 1 is 1.02 bits per heavy atom. The van der Waals surface area contributed by atoms with E-state index in [0.717, 1.165) is 0 Å². The molecule has 5 rings (SSSR count). The summed E-state index contributed by atoms with van der Waals surface area (Å²) in [5.74, 6) is -1.70. The van der Waals surface area contributed by atoms with E-state index in [1.54, 1.807) is 57.2 Å². The van der Waals surface area contributed by atoms with Crippen LogP contribution in [-0.4, -0.2) is 72.4 Å². The first-order chi connectivity index (χ1) is 19.4. The molecule has 4 aliphatic carbocycles. The number of hydrogen-bond acceptors (Lipinski definition) is 8. The van der Waals surface area contributed by atoms with E-state index in [0.29, 0.717) is 43.2 Å². The molecule has 1 aromatic carbocycles. The van der Waals surface area contributed by atoms with Crippen molar-refractivity contribution in [3.63, 3.8) is 0 Å². The van der Waals surface area contributed by atoms with Crippen molar-refractivity contribution in [3.8, 4) is 0 Å². The molecule has 0 radical (unpaired) electrons. The summed E-state index contributed by atoms with van der Waals surface area (Å²) in [6, 6.07) is 8.60. The summed E-state index contributed by atoms with van der Waals surface area (Å²) in [6.45, 7) is 9.00. The van der Waals surface area contributed by atoms with Crippen molar-refractivity contribution in [2.75, 3.05) is 0 Å². The second-order valence-electron chi connectivity index (χ2n) is 14.9. The van der Waals surface area contributed by atoms with E-state index in [9.17, 15) is 35.1 Å². The smallest absolute Gasteiger partial charge is 0.338 e. The number of aliphatic hydroxyl groups excluding tert-OH is 2. The Bertz CT molecular complexity index is 1230. The average molecular weight is 585 g/mol. The third-order valence-electron chi connectivity index (χ3n) is 11.8. The molecule has 0 amide bonds. The molecule has 5 N–H and O–H groups in total. The van der Waals surface area contributed by atoms with E-state index in [4.69, 9.17) is 4.74 Å². The summed E-state index contributed by atoms with van der Waals surface area (Å²) in [7, 11) is 0. The zero-order valence-corrected chi connectivity index (χ0v) is 25.5. The van der Waals surface area contributed by atoms with Crippen LogP contribution in [0.15, 0.2) is 42.0 Å². The molecule has 0 heterocycles. The lowest BCUT2D eigenvalue weighted by Crippen LogP contribution is -2.63. The summed E-state index contributed by atoms with van der Waals surface area (Å²) in [6.07, 6.45) is 1.84. The van der Waals surface area contributed by atoms with Gasteiger partial charge >= 0.3 is 5.97 Å². The van der Waals surface area contributed by atoms with Crippen LogP contribution in [0.1, 0.15) is 96.3 Å². The lowest BCUT2D eigenvalue weighted by atomic mass is 9.45. The van der Waals surface area contributed by atoms with Gasteiger partial charge in [0.25, 0.3) is 0 Å². The van der Waals surface area contributed by atoms with Crippen LogP contribution in [0.2, 0.25) is 0 Å². The SMILES string of the molecule is CC(C)(O)CC[C@@H](OC(=O)c1ccccc1)[C@@](C)(O)C1CC[C@@]2(O)C3=CC(=O)[C@@H]4C[C@@H](O)[C@@H](O)C[C@]4(C)C3CC[C@]12C. The van der Waals surface area contributed by atoms with Crippen molar-refractivity contribution in [1.29, 1.82) is 0 Å². The van der Waals surface area contributed by atoms with Crippen LogP contribution >= 0.6 is 0 Å². The van der Waals surface area contributed by atoms with Gasteiger partial charge in [-0.25, -0.2) is 4.79 Å². The standard InChI is InChI=1S/C34H48O8/c1-30(2,39)14-13-28(42-29(38)20-9-7-6-8-10-20)33(5,40)27-12-16-34(41)22-17-24(35)23-18-25(36)26(37)19-31(23,3)21(22)11-15-32(27,34)4/h6-10,17,21,23,25-28,36-37,39-41H,11-16,18-19H2,1-5H3/t21?,23-,25+,26-,27?,28+,31+,32+,33-,34+/m0/s1. The molecule has 4 aliphatic rings. The second kappa shape index (κ2) is 10.5. The van der Waals surface area contributed by atoms with Crippen molar-refractivity contribution in [2.24, 2.45) is 28.6 Å². The highest BCUT2D eigenvalue weighted by Gasteiger charge is 2.69.